The van der Waals surface area contributed by atoms with Gasteiger partial charge >= 0.3 is 0 Å². The number of carbonyl (C=O) groups excluding carboxylic acids is 1. The highest BCUT2D eigenvalue weighted by Gasteiger charge is 2.23. The Morgan fingerprint density at radius 2 is 2.06 bits per heavy atom. The fourth-order valence-electron chi connectivity index (χ4n) is 1.87. The molecule has 0 aliphatic carbocycles. The van der Waals surface area contributed by atoms with Crippen LogP contribution in [0.15, 0.2) is 46.7 Å². The number of rotatable bonds is 1. The minimum atomic E-state index is 0.0980. The van der Waals surface area contributed by atoms with Crippen molar-refractivity contribution in [3.05, 3.63) is 46.7 Å². The van der Waals surface area contributed by atoms with Crippen LogP contribution in [0.1, 0.15) is 16.5 Å². The lowest BCUT2D eigenvalue weighted by molar-refractivity contribution is -0.116. The summed E-state index contributed by atoms with van der Waals surface area (Å²) in [7, 11) is 0. The van der Waals surface area contributed by atoms with Gasteiger partial charge in [0.15, 0.2) is 0 Å². The lowest BCUT2D eigenvalue weighted by Gasteiger charge is -2.10. The standard InChI is InChI=1S/C13H11NOS2/c15-13-8-12(11-6-3-7-16-11)17-10-5-2-1-4-9(10)14-13/h1-7,12H,8H2,(H,14,15)/t12-/m0/s1. The van der Waals surface area contributed by atoms with Gasteiger partial charge in [-0.05, 0) is 23.6 Å². The van der Waals surface area contributed by atoms with Gasteiger partial charge < -0.3 is 5.32 Å². The van der Waals surface area contributed by atoms with Gasteiger partial charge in [-0.1, -0.05) is 18.2 Å². The van der Waals surface area contributed by atoms with Gasteiger partial charge in [-0.2, -0.15) is 0 Å². The number of fused-ring (bicyclic) bond motifs is 1. The molecular weight excluding hydrogens is 250 g/mol. The number of anilines is 1. The maximum atomic E-state index is 11.8. The predicted molar refractivity (Wildman–Crippen MR) is 72.6 cm³/mol. The van der Waals surface area contributed by atoms with Crippen LogP contribution < -0.4 is 5.32 Å². The minimum absolute atomic E-state index is 0.0980. The fraction of sp³-hybridized carbons (Fsp3) is 0.154. The first kappa shape index (κ1) is 10.9. The Labute approximate surface area is 108 Å². The van der Waals surface area contributed by atoms with Crippen LogP contribution in [-0.4, -0.2) is 5.91 Å². The Kier molecular flexibility index (Phi) is 2.91. The molecule has 1 aromatic carbocycles. The zero-order valence-electron chi connectivity index (χ0n) is 9.05. The number of thioether (sulfide) groups is 1. The second-order valence-corrected chi connectivity index (χ2v) is 6.09. The number of hydrogen-bond donors (Lipinski definition) is 1. The third kappa shape index (κ3) is 2.23. The van der Waals surface area contributed by atoms with E-state index >= 15 is 0 Å². The summed E-state index contributed by atoms with van der Waals surface area (Å²) in [5.74, 6) is 0.0980. The molecule has 0 unspecified atom stereocenters. The molecule has 4 heteroatoms. The molecule has 3 rings (SSSR count). The lowest BCUT2D eigenvalue weighted by atomic mass is 10.2. The second-order valence-electron chi connectivity index (χ2n) is 3.87. The number of amides is 1. The van der Waals surface area contributed by atoms with E-state index in [2.05, 4.69) is 22.8 Å². The van der Waals surface area contributed by atoms with Gasteiger partial charge in [0.1, 0.15) is 0 Å². The topological polar surface area (TPSA) is 29.1 Å². The number of thiophene rings is 1. The number of carbonyl (C=O) groups is 1. The molecule has 1 N–H and O–H groups in total. The Hall–Kier alpha value is -1.26. The normalized spacial score (nSPS) is 19.3. The summed E-state index contributed by atoms with van der Waals surface area (Å²) in [6.07, 6.45) is 0.542. The zero-order chi connectivity index (χ0) is 11.7. The van der Waals surface area contributed by atoms with Crippen molar-refractivity contribution in [1.82, 2.24) is 0 Å². The molecule has 0 radical (unpaired) electrons. The first-order valence-electron chi connectivity index (χ1n) is 5.42. The predicted octanol–water partition coefficient (Wildman–Crippen LogP) is 3.92. The van der Waals surface area contributed by atoms with Crippen molar-refractivity contribution in [3.63, 3.8) is 0 Å². The van der Waals surface area contributed by atoms with Crippen LogP contribution in [0.3, 0.4) is 0 Å². The maximum absolute atomic E-state index is 11.8. The van der Waals surface area contributed by atoms with E-state index in [1.807, 2.05) is 24.3 Å². The van der Waals surface area contributed by atoms with Gasteiger partial charge in [-0.15, -0.1) is 23.1 Å². The van der Waals surface area contributed by atoms with Crippen molar-refractivity contribution in [3.8, 4) is 0 Å². The highest BCUT2D eigenvalue weighted by Crippen LogP contribution is 2.44. The van der Waals surface area contributed by atoms with Gasteiger partial charge in [0.05, 0.1) is 10.9 Å². The smallest absolute Gasteiger partial charge is 0.225 e. The molecule has 17 heavy (non-hydrogen) atoms. The Morgan fingerprint density at radius 3 is 2.88 bits per heavy atom. The SMILES string of the molecule is O=C1C[C@@H](c2cccs2)Sc2ccccc2N1. The summed E-state index contributed by atoms with van der Waals surface area (Å²) in [6, 6.07) is 12.1. The molecule has 1 atom stereocenters. The quantitative estimate of drug-likeness (QED) is 0.843. The first-order valence-corrected chi connectivity index (χ1v) is 7.18. The molecular formula is C13H11NOS2. The average molecular weight is 261 g/mol. The number of nitrogens with one attached hydrogen (secondary N) is 1. The monoisotopic (exact) mass is 261 g/mol. The highest BCUT2D eigenvalue weighted by atomic mass is 32.2. The Balaban J connectivity index is 1.98. The number of hydrogen-bond acceptors (Lipinski definition) is 3. The molecule has 2 nitrogen and oxygen atoms in total. The number of para-hydroxylation sites is 1. The van der Waals surface area contributed by atoms with E-state index in [-0.39, 0.29) is 11.2 Å². The molecule has 2 heterocycles. The maximum Gasteiger partial charge on any atom is 0.225 e. The van der Waals surface area contributed by atoms with Gasteiger partial charge in [0, 0.05) is 16.2 Å². The van der Waals surface area contributed by atoms with E-state index in [0.717, 1.165) is 10.6 Å². The van der Waals surface area contributed by atoms with E-state index in [4.69, 9.17) is 0 Å². The largest absolute Gasteiger partial charge is 0.325 e. The molecule has 0 bridgehead atoms. The van der Waals surface area contributed by atoms with Gasteiger partial charge in [-0.25, -0.2) is 0 Å². The van der Waals surface area contributed by atoms with E-state index in [1.165, 1.54) is 4.88 Å². The molecule has 0 fully saturated rings. The van der Waals surface area contributed by atoms with Crippen molar-refractivity contribution in [2.45, 2.75) is 16.6 Å². The van der Waals surface area contributed by atoms with Crippen LogP contribution in [0, 0.1) is 0 Å². The van der Waals surface area contributed by atoms with Gasteiger partial charge in [-0.3, -0.25) is 4.79 Å². The van der Waals surface area contributed by atoms with Crippen LogP contribution in [0.2, 0.25) is 0 Å². The molecule has 1 aliphatic rings. The minimum Gasteiger partial charge on any atom is -0.325 e. The summed E-state index contributed by atoms with van der Waals surface area (Å²) in [5.41, 5.74) is 0.932. The van der Waals surface area contributed by atoms with E-state index in [0.29, 0.717) is 6.42 Å². The van der Waals surface area contributed by atoms with Crippen molar-refractivity contribution in [2.75, 3.05) is 5.32 Å². The van der Waals surface area contributed by atoms with Crippen LogP contribution >= 0.6 is 23.1 Å². The number of benzene rings is 1. The third-order valence-electron chi connectivity index (χ3n) is 2.66. The van der Waals surface area contributed by atoms with Crippen LogP contribution in [0.25, 0.3) is 0 Å². The molecule has 86 valence electrons. The average Bonchev–Trinajstić information content (AvgIpc) is 2.79. The molecule has 2 aromatic rings. The van der Waals surface area contributed by atoms with Crippen molar-refractivity contribution in [1.29, 1.82) is 0 Å². The zero-order valence-corrected chi connectivity index (χ0v) is 10.7. The second kappa shape index (κ2) is 4.55. The van der Waals surface area contributed by atoms with Crippen molar-refractivity contribution >= 4 is 34.7 Å². The summed E-state index contributed by atoms with van der Waals surface area (Å²) in [4.78, 5) is 14.2. The Bertz CT molecular complexity index is 536. The lowest BCUT2D eigenvalue weighted by Crippen LogP contribution is -2.11. The van der Waals surface area contributed by atoms with E-state index < -0.39 is 0 Å². The van der Waals surface area contributed by atoms with E-state index in [9.17, 15) is 4.79 Å². The summed E-state index contributed by atoms with van der Waals surface area (Å²) >= 11 is 3.48. The molecule has 0 saturated carbocycles. The van der Waals surface area contributed by atoms with Crippen LogP contribution in [0.4, 0.5) is 5.69 Å². The molecule has 1 amide bonds. The van der Waals surface area contributed by atoms with Crippen LogP contribution in [0.5, 0.6) is 0 Å². The van der Waals surface area contributed by atoms with Gasteiger partial charge in [0.2, 0.25) is 5.91 Å². The third-order valence-corrected chi connectivity index (χ3v) is 5.11. The van der Waals surface area contributed by atoms with Crippen molar-refractivity contribution < 1.29 is 4.79 Å². The Morgan fingerprint density at radius 1 is 1.18 bits per heavy atom. The molecule has 1 aliphatic heterocycles. The molecule has 0 spiro atoms. The highest BCUT2D eigenvalue weighted by molar-refractivity contribution is 7.99. The van der Waals surface area contributed by atoms with Crippen LogP contribution in [-0.2, 0) is 4.79 Å². The fourth-order valence-corrected chi connectivity index (χ4v) is 4.03. The summed E-state index contributed by atoms with van der Waals surface area (Å²) in [6.45, 7) is 0. The van der Waals surface area contributed by atoms with Gasteiger partial charge in [0.25, 0.3) is 0 Å². The molecule has 0 saturated heterocycles. The first-order chi connectivity index (χ1) is 8.33. The molecule has 1 aromatic heterocycles. The van der Waals surface area contributed by atoms with E-state index in [1.54, 1.807) is 23.1 Å². The summed E-state index contributed by atoms with van der Waals surface area (Å²) < 4.78 is 0. The van der Waals surface area contributed by atoms with Crippen molar-refractivity contribution in [2.24, 2.45) is 0 Å². The summed E-state index contributed by atoms with van der Waals surface area (Å²) in [5, 5.41) is 5.25.